The van der Waals surface area contributed by atoms with Gasteiger partial charge < -0.3 is 5.73 Å². The number of benzene rings is 1. The highest BCUT2D eigenvalue weighted by atomic mass is 15.1. The molecular weight excluding hydrogens is 418 g/mol. The first kappa shape index (κ1) is 26.5. The predicted molar refractivity (Wildman–Crippen MR) is 147 cm³/mol. The number of nitrogen functional groups attached to an aromatic ring is 1. The van der Waals surface area contributed by atoms with Gasteiger partial charge in [0.1, 0.15) is 11.3 Å². The summed E-state index contributed by atoms with van der Waals surface area (Å²) in [6.07, 6.45) is 8.93. The lowest BCUT2D eigenvalue weighted by atomic mass is 10.1. The fourth-order valence-corrected chi connectivity index (χ4v) is 3.50. The van der Waals surface area contributed by atoms with E-state index in [0.717, 1.165) is 45.9 Å². The van der Waals surface area contributed by atoms with Gasteiger partial charge in [0, 0.05) is 11.9 Å². The number of fused-ring (bicyclic) bond motifs is 1. The largest absolute Gasteiger partial charge is 0.383 e. The van der Waals surface area contributed by atoms with E-state index in [4.69, 9.17) is 15.7 Å². The van der Waals surface area contributed by atoms with Crippen LogP contribution in [-0.4, -0.2) is 19.5 Å². The zero-order chi connectivity index (χ0) is 25.1. The van der Waals surface area contributed by atoms with Crippen LogP contribution in [0.4, 0.5) is 5.82 Å². The third kappa shape index (κ3) is 5.79. The Morgan fingerprint density at radius 3 is 2.29 bits per heavy atom. The summed E-state index contributed by atoms with van der Waals surface area (Å²) in [5, 5.41) is 0. The van der Waals surface area contributed by atoms with Gasteiger partial charge in [0.25, 0.3) is 0 Å². The van der Waals surface area contributed by atoms with Gasteiger partial charge in [0.2, 0.25) is 0 Å². The summed E-state index contributed by atoms with van der Waals surface area (Å²) in [5.74, 6) is 1.18. The third-order valence-electron chi connectivity index (χ3n) is 4.94. The predicted octanol–water partition coefficient (Wildman–Crippen LogP) is 7.80. The van der Waals surface area contributed by atoms with E-state index < -0.39 is 0 Å². The van der Waals surface area contributed by atoms with Crippen LogP contribution in [0.25, 0.3) is 33.8 Å². The van der Waals surface area contributed by atoms with Crippen LogP contribution in [0.1, 0.15) is 59.2 Å². The van der Waals surface area contributed by atoms with E-state index in [1.165, 1.54) is 5.56 Å². The van der Waals surface area contributed by atoms with Gasteiger partial charge in [-0.25, -0.2) is 15.0 Å². The topological polar surface area (TPSA) is 69.6 Å². The Balaban J connectivity index is 0.000000970. The second-order valence-electron chi connectivity index (χ2n) is 7.15. The van der Waals surface area contributed by atoms with Gasteiger partial charge in [-0.05, 0) is 62.2 Å². The first-order chi connectivity index (χ1) is 16.6. The number of hydrogen-bond donors (Lipinski definition) is 1. The monoisotopic (exact) mass is 455 g/mol. The van der Waals surface area contributed by atoms with Gasteiger partial charge in [-0.3, -0.25) is 4.57 Å². The Morgan fingerprint density at radius 1 is 0.971 bits per heavy atom. The molecule has 4 rings (SSSR count). The van der Waals surface area contributed by atoms with Gasteiger partial charge in [0.05, 0.1) is 11.3 Å². The second-order valence-corrected chi connectivity index (χ2v) is 7.15. The maximum Gasteiger partial charge on any atom is 0.165 e. The number of pyridine rings is 2. The summed E-state index contributed by atoms with van der Waals surface area (Å²) in [6.45, 7) is 14.2. The average Bonchev–Trinajstić information content (AvgIpc) is 3.25. The minimum Gasteiger partial charge on any atom is -0.383 e. The molecule has 0 spiro atoms. The number of aryl methyl sites for hydroxylation is 1. The molecule has 178 valence electrons. The Labute approximate surface area is 204 Å². The molecule has 0 saturated carbocycles. The van der Waals surface area contributed by atoms with Crippen LogP contribution in [0.15, 0.2) is 73.0 Å². The SMILES string of the molecule is C/C=C\C(=C/CC)c1ccc2nc(-c3cccnc3N)n(-c3ccc(C)cc3)c2n1.CC.CC. The Kier molecular flexibility index (Phi) is 10.2. The van der Waals surface area contributed by atoms with Crippen LogP contribution in [0, 0.1) is 6.92 Å². The molecule has 0 fully saturated rings. The van der Waals surface area contributed by atoms with E-state index in [1.54, 1.807) is 6.20 Å². The Morgan fingerprint density at radius 2 is 1.68 bits per heavy atom. The molecule has 4 aromatic rings. The summed E-state index contributed by atoms with van der Waals surface area (Å²) < 4.78 is 2.06. The van der Waals surface area contributed by atoms with Crippen molar-refractivity contribution < 1.29 is 0 Å². The van der Waals surface area contributed by atoms with Gasteiger partial charge in [-0.2, -0.15) is 0 Å². The highest BCUT2D eigenvalue weighted by molar-refractivity contribution is 5.85. The summed E-state index contributed by atoms with van der Waals surface area (Å²) in [5.41, 5.74) is 12.8. The summed E-state index contributed by atoms with van der Waals surface area (Å²) in [7, 11) is 0. The number of rotatable bonds is 5. The van der Waals surface area contributed by atoms with Crippen molar-refractivity contribution in [3.63, 3.8) is 0 Å². The highest BCUT2D eigenvalue weighted by Gasteiger charge is 2.18. The Bertz CT molecular complexity index is 1250. The van der Waals surface area contributed by atoms with E-state index in [0.29, 0.717) is 5.82 Å². The first-order valence-electron chi connectivity index (χ1n) is 12.1. The zero-order valence-corrected chi connectivity index (χ0v) is 21.5. The van der Waals surface area contributed by atoms with Crippen molar-refractivity contribution in [2.75, 3.05) is 5.73 Å². The summed E-state index contributed by atoms with van der Waals surface area (Å²) in [4.78, 5) is 14.1. The fourth-order valence-electron chi connectivity index (χ4n) is 3.50. The number of allylic oxidation sites excluding steroid dienone is 4. The van der Waals surface area contributed by atoms with E-state index in [9.17, 15) is 0 Å². The van der Waals surface area contributed by atoms with Gasteiger partial charge in [-0.15, -0.1) is 0 Å². The van der Waals surface area contributed by atoms with Crippen molar-refractivity contribution in [3.05, 3.63) is 84.2 Å². The van der Waals surface area contributed by atoms with Gasteiger partial charge >= 0.3 is 0 Å². The van der Waals surface area contributed by atoms with E-state index in [2.05, 4.69) is 59.8 Å². The van der Waals surface area contributed by atoms with Crippen molar-refractivity contribution >= 4 is 22.6 Å². The van der Waals surface area contributed by atoms with Crippen molar-refractivity contribution in [2.45, 2.75) is 54.9 Å². The van der Waals surface area contributed by atoms with E-state index in [1.807, 2.05) is 65.0 Å². The number of imidazole rings is 1. The van der Waals surface area contributed by atoms with Crippen LogP contribution in [0.2, 0.25) is 0 Å². The first-order valence-corrected chi connectivity index (χ1v) is 12.1. The molecule has 1 aromatic carbocycles. The Hall–Kier alpha value is -3.73. The molecule has 0 atom stereocenters. The molecular formula is C29H37N5. The van der Waals surface area contributed by atoms with Crippen LogP contribution in [-0.2, 0) is 0 Å². The van der Waals surface area contributed by atoms with E-state index >= 15 is 0 Å². The standard InChI is InChI=1S/C25H25N5.2C2H6/c1-4-7-18(8-5-2)21-14-15-22-25(28-21)30(19-12-10-17(3)11-13-19)24(29-22)20-9-6-16-27-23(20)26;2*1-2/h4,6-16H,5H2,1-3H3,(H2,26,27);2*1-2H3/b7-4-,18-8+;;. The van der Waals surface area contributed by atoms with Crippen molar-refractivity contribution in [3.8, 4) is 17.1 Å². The number of aromatic nitrogens is 4. The number of nitrogens with two attached hydrogens (primary N) is 1. The van der Waals surface area contributed by atoms with Crippen molar-refractivity contribution in [1.29, 1.82) is 0 Å². The van der Waals surface area contributed by atoms with Crippen molar-refractivity contribution in [1.82, 2.24) is 19.5 Å². The summed E-state index contributed by atoms with van der Waals surface area (Å²) >= 11 is 0. The molecule has 34 heavy (non-hydrogen) atoms. The van der Waals surface area contributed by atoms with Crippen LogP contribution in [0.3, 0.4) is 0 Å². The van der Waals surface area contributed by atoms with Crippen LogP contribution in [0.5, 0.6) is 0 Å². The quantitative estimate of drug-likeness (QED) is 0.312. The molecule has 3 heterocycles. The normalized spacial score (nSPS) is 11.1. The van der Waals surface area contributed by atoms with Gasteiger partial charge in [-0.1, -0.05) is 70.5 Å². The molecule has 2 N–H and O–H groups in total. The second kappa shape index (κ2) is 13.1. The molecule has 0 bridgehead atoms. The molecule has 5 heteroatoms. The van der Waals surface area contributed by atoms with Crippen LogP contribution >= 0.6 is 0 Å². The number of hydrogen-bond acceptors (Lipinski definition) is 4. The lowest BCUT2D eigenvalue weighted by Crippen LogP contribution is -2.02. The molecule has 0 saturated heterocycles. The summed E-state index contributed by atoms with van der Waals surface area (Å²) in [6, 6.07) is 16.2. The fraction of sp³-hybridized carbons (Fsp3) is 0.276. The van der Waals surface area contributed by atoms with Gasteiger partial charge in [0.15, 0.2) is 11.5 Å². The number of anilines is 1. The molecule has 0 unspecified atom stereocenters. The average molecular weight is 456 g/mol. The molecule has 5 nitrogen and oxygen atoms in total. The smallest absolute Gasteiger partial charge is 0.165 e. The molecule has 0 aliphatic heterocycles. The van der Waals surface area contributed by atoms with Crippen LogP contribution < -0.4 is 5.73 Å². The zero-order valence-electron chi connectivity index (χ0n) is 21.5. The lowest BCUT2D eigenvalue weighted by molar-refractivity contribution is 1.07. The minimum atomic E-state index is 0.446. The maximum atomic E-state index is 6.20. The van der Waals surface area contributed by atoms with E-state index in [-0.39, 0.29) is 0 Å². The number of nitrogens with zero attached hydrogens (tertiary/aromatic N) is 4. The lowest BCUT2D eigenvalue weighted by Gasteiger charge is -2.11. The van der Waals surface area contributed by atoms with Crippen molar-refractivity contribution in [2.24, 2.45) is 0 Å². The molecule has 0 amide bonds. The molecule has 0 radical (unpaired) electrons. The molecule has 0 aliphatic rings. The maximum absolute atomic E-state index is 6.20. The molecule has 3 aromatic heterocycles. The third-order valence-corrected chi connectivity index (χ3v) is 4.94. The minimum absolute atomic E-state index is 0.446. The molecule has 0 aliphatic carbocycles. The highest BCUT2D eigenvalue weighted by Crippen LogP contribution is 2.31.